The number of hydrogen-bond donors (Lipinski definition) is 0. The van der Waals surface area contributed by atoms with Gasteiger partial charge >= 0.3 is 0 Å². The third-order valence-corrected chi connectivity index (χ3v) is 5.63. The summed E-state index contributed by atoms with van der Waals surface area (Å²) in [6, 6.07) is 8.79. The average Bonchev–Trinajstić information content (AvgIpc) is 3.22. The summed E-state index contributed by atoms with van der Waals surface area (Å²) in [6.07, 6.45) is 5.50. The number of benzene rings is 1. The third-order valence-electron chi connectivity index (χ3n) is 5.11. The molecule has 1 aliphatic rings. The molecule has 2 aromatic heterocycles. The Labute approximate surface area is 173 Å². The molecule has 1 fully saturated rings. The van der Waals surface area contributed by atoms with Gasteiger partial charge in [0, 0.05) is 30.2 Å². The van der Waals surface area contributed by atoms with Crippen molar-refractivity contribution in [3.8, 4) is 11.3 Å². The number of rotatable bonds is 3. The lowest BCUT2D eigenvalue weighted by Gasteiger charge is -2.29. The Morgan fingerprint density at radius 3 is 2.82 bits per heavy atom. The van der Waals surface area contributed by atoms with Gasteiger partial charge in [-0.2, -0.15) is 5.10 Å². The van der Waals surface area contributed by atoms with E-state index in [1.165, 1.54) is 0 Å². The van der Waals surface area contributed by atoms with Gasteiger partial charge in [-0.05, 0) is 25.0 Å². The van der Waals surface area contributed by atoms with Gasteiger partial charge in [-0.25, -0.2) is 0 Å². The minimum atomic E-state index is -0.166. The van der Waals surface area contributed by atoms with Gasteiger partial charge in [0.05, 0.1) is 23.0 Å². The first-order chi connectivity index (χ1) is 13.5. The number of aryl methyl sites for hydroxylation is 1. The van der Waals surface area contributed by atoms with Crippen molar-refractivity contribution in [3.63, 3.8) is 0 Å². The molecular weight excluding hydrogens is 399 g/mol. The van der Waals surface area contributed by atoms with E-state index in [2.05, 4.69) is 10.3 Å². The molecule has 0 N–H and O–H groups in total. The largest absolute Gasteiger partial charge is 0.355 e. The topological polar surface area (TPSA) is 64.2 Å². The molecular formula is C20H20Cl2N4O2. The number of carbonyl (C=O) groups excluding carboxylic acids is 1. The molecule has 3 heterocycles. The molecule has 8 heteroatoms. The van der Waals surface area contributed by atoms with Gasteiger partial charge in [-0.3, -0.25) is 9.48 Å². The smallest absolute Gasteiger partial charge is 0.276 e. The van der Waals surface area contributed by atoms with Gasteiger partial charge in [0.2, 0.25) is 0 Å². The van der Waals surface area contributed by atoms with E-state index in [1.54, 1.807) is 29.1 Å². The summed E-state index contributed by atoms with van der Waals surface area (Å²) in [7, 11) is 1.85. The number of aromatic nitrogens is 3. The van der Waals surface area contributed by atoms with Gasteiger partial charge in [-0.1, -0.05) is 53.3 Å². The fraction of sp³-hybridized carbons (Fsp3) is 0.350. The van der Waals surface area contributed by atoms with Crippen LogP contribution >= 0.6 is 23.2 Å². The molecule has 4 rings (SSSR count). The van der Waals surface area contributed by atoms with E-state index in [0.29, 0.717) is 22.4 Å². The second kappa shape index (κ2) is 7.97. The molecule has 1 aromatic carbocycles. The van der Waals surface area contributed by atoms with Gasteiger partial charge < -0.3 is 9.42 Å². The first kappa shape index (κ1) is 19.0. The highest BCUT2D eigenvalue weighted by molar-refractivity contribution is 6.31. The summed E-state index contributed by atoms with van der Waals surface area (Å²) < 4.78 is 7.17. The summed E-state index contributed by atoms with van der Waals surface area (Å²) in [5, 5.41) is 9.44. The molecule has 0 radical (unpaired) electrons. The quantitative estimate of drug-likeness (QED) is 0.590. The fourth-order valence-electron chi connectivity index (χ4n) is 3.73. The van der Waals surface area contributed by atoms with Crippen LogP contribution in [0, 0.1) is 0 Å². The molecule has 1 saturated heterocycles. The normalized spacial score (nSPS) is 17.5. The zero-order chi connectivity index (χ0) is 19.7. The van der Waals surface area contributed by atoms with Crippen molar-refractivity contribution in [1.82, 2.24) is 19.8 Å². The number of nitrogens with zero attached hydrogens (tertiary/aromatic N) is 4. The van der Waals surface area contributed by atoms with E-state index in [4.69, 9.17) is 27.7 Å². The number of carbonyl (C=O) groups is 1. The maximum atomic E-state index is 13.3. The van der Waals surface area contributed by atoms with Crippen molar-refractivity contribution in [2.45, 2.75) is 31.7 Å². The number of hydrogen-bond acceptors (Lipinski definition) is 4. The van der Waals surface area contributed by atoms with Crippen molar-refractivity contribution in [2.24, 2.45) is 7.05 Å². The molecule has 1 amide bonds. The monoisotopic (exact) mass is 418 g/mol. The maximum Gasteiger partial charge on any atom is 0.276 e. The molecule has 3 aromatic rings. The minimum absolute atomic E-state index is 0.138. The molecule has 146 valence electrons. The maximum absolute atomic E-state index is 13.3. The fourth-order valence-corrected chi connectivity index (χ4v) is 4.21. The van der Waals surface area contributed by atoms with Crippen LogP contribution in [0.1, 0.15) is 47.9 Å². The van der Waals surface area contributed by atoms with Crippen LogP contribution in [0.25, 0.3) is 11.3 Å². The predicted octanol–water partition coefficient (Wildman–Crippen LogP) is 5.14. The summed E-state index contributed by atoms with van der Waals surface area (Å²) in [4.78, 5) is 15.1. The zero-order valence-corrected chi connectivity index (χ0v) is 17.0. The molecule has 1 atom stereocenters. The van der Waals surface area contributed by atoms with Crippen molar-refractivity contribution in [1.29, 1.82) is 0 Å². The van der Waals surface area contributed by atoms with Crippen molar-refractivity contribution in [3.05, 3.63) is 58.0 Å². The van der Waals surface area contributed by atoms with Gasteiger partial charge in [-0.15, -0.1) is 0 Å². The highest BCUT2D eigenvalue weighted by Gasteiger charge is 2.32. The van der Waals surface area contributed by atoms with Crippen LogP contribution in [-0.2, 0) is 7.05 Å². The number of likely N-dealkylation sites (tertiary alicyclic amines) is 1. The van der Waals surface area contributed by atoms with Gasteiger partial charge in [0.1, 0.15) is 0 Å². The van der Waals surface area contributed by atoms with E-state index in [1.807, 2.05) is 24.1 Å². The van der Waals surface area contributed by atoms with Crippen LogP contribution in [0.3, 0.4) is 0 Å². The Kier molecular flexibility index (Phi) is 5.42. The van der Waals surface area contributed by atoms with Crippen LogP contribution in [0.15, 0.2) is 41.1 Å². The highest BCUT2D eigenvalue weighted by Crippen LogP contribution is 2.35. The lowest BCUT2D eigenvalue weighted by molar-refractivity contribution is 0.0663. The Balaban J connectivity index is 1.65. The zero-order valence-electron chi connectivity index (χ0n) is 15.4. The standard InChI is InChI=1S/C20H20Cl2N4O2/c1-25-19(15(22)12-23-25)17-8-3-2-4-9-26(17)20(27)16-11-18(28-24-16)13-6-5-7-14(21)10-13/h5-7,10-12,17H,2-4,8-9H2,1H3/t17-/m1/s1. The number of amides is 1. The van der Waals surface area contributed by atoms with E-state index in [9.17, 15) is 4.79 Å². The summed E-state index contributed by atoms with van der Waals surface area (Å²) in [6.45, 7) is 0.643. The summed E-state index contributed by atoms with van der Waals surface area (Å²) in [5.74, 6) is 0.344. The van der Waals surface area contributed by atoms with Gasteiger partial charge in [0.15, 0.2) is 11.5 Å². The second-order valence-electron chi connectivity index (χ2n) is 6.95. The Bertz CT molecular complexity index is 978. The molecule has 0 unspecified atom stereocenters. The lowest BCUT2D eigenvalue weighted by atomic mass is 10.1. The number of halogens is 2. The molecule has 28 heavy (non-hydrogen) atoms. The van der Waals surface area contributed by atoms with E-state index < -0.39 is 0 Å². The lowest BCUT2D eigenvalue weighted by Crippen LogP contribution is -2.36. The molecule has 0 bridgehead atoms. The Hall–Kier alpha value is -2.31. The van der Waals surface area contributed by atoms with Crippen LogP contribution in [0.2, 0.25) is 10.0 Å². The Morgan fingerprint density at radius 2 is 2.07 bits per heavy atom. The summed E-state index contributed by atoms with van der Waals surface area (Å²) >= 11 is 12.4. The average molecular weight is 419 g/mol. The van der Waals surface area contributed by atoms with Crippen LogP contribution in [0.4, 0.5) is 0 Å². The van der Waals surface area contributed by atoms with Crippen LogP contribution < -0.4 is 0 Å². The van der Waals surface area contributed by atoms with E-state index in [-0.39, 0.29) is 17.6 Å². The van der Waals surface area contributed by atoms with Crippen LogP contribution in [-0.4, -0.2) is 32.3 Å². The predicted molar refractivity (Wildman–Crippen MR) is 107 cm³/mol. The van der Waals surface area contributed by atoms with Gasteiger partial charge in [0.25, 0.3) is 5.91 Å². The molecule has 0 spiro atoms. The van der Waals surface area contributed by atoms with Crippen molar-refractivity contribution >= 4 is 29.1 Å². The van der Waals surface area contributed by atoms with Crippen molar-refractivity contribution in [2.75, 3.05) is 6.54 Å². The molecule has 1 aliphatic heterocycles. The molecule has 6 nitrogen and oxygen atoms in total. The molecule has 0 saturated carbocycles. The SMILES string of the molecule is Cn1ncc(Cl)c1[C@H]1CCCCCN1C(=O)c1cc(-c2cccc(Cl)c2)on1. The van der Waals surface area contributed by atoms with Crippen LogP contribution in [0.5, 0.6) is 0 Å². The molecule has 0 aliphatic carbocycles. The highest BCUT2D eigenvalue weighted by atomic mass is 35.5. The first-order valence-electron chi connectivity index (χ1n) is 9.25. The first-order valence-corrected chi connectivity index (χ1v) is 10.0. The van der Waals surface area contributed by atoms with E-state index in [0.717, 1.165) is 36.9 Å². The van der Waals surface area contributed by atoms with Crippen molar-refractivity contribution < 1.29 is 9.32 Å². The van der Waals surface area contributed by atoms with E-state index >= 15 is 0 Å². The third kappa shape index (κ3) is 3.66. The summed E-state index contributed by atoms with van der Waals surface area (Å²) in [5.41, 5.74) is 1.91. The minimum Gasteiger partial charge on any atom is -0.355 e. The second-order valence-corrected chi connectivity index (χ2v) is 7.80. The Morgan fingerprint density at radius 1 is 1.21 bits per heavy atom.